The molecule has 0 radical (unpaired) electrons. The Labute approximate surface area is 77.9 Å². The van der Waals surface area contributed by atoms with Crippen molar-refractivity contribution in [2.24, 2.45) is 0 Å². The van der Waals surface area contributed by atoms with Crippen LogP contribution in [0, 0.1) is 0 Å². The quantitative estimate of drug-likeness (QED) is 0.646. The Morgan fingerprint density at radius 3 is 1.85 bits per heavy atom. The van der Waals surface area contributed by atoms with Crippen molar-refractivity contribution in [3.63, 3.8) is 0 Å². The third-order valence-electron chi connectivity index (χ3n) is 1.42. The first-order valence-corrected chi connectivity index (χ1v) is 6.38. The Morgan fingerprint density at radius 2 is 1.62 bits per heavy atom. The minimum atomic E-state index is -3.48. The van der Waals surface area contributed by atoms with Crippen LogP contribution in [0.15, 0.2) is 0 Å². The molecule has 2 unspecified atom stereocenters. The van der Waals surface area contributed by atoms with Gasteiger partial charge in [-0.05, 0) is 0 Å². The van der Waals surface area contributed by atoms with Gasteiger partial charge in [-0.25, -0.2) is 0 Å². The molecule has 0 saturated carbocycles. The van der Waals surface area contributed by atoms with E-state index < -0.39 is 21.2 Å². The summed E-state index contributed by atoms with van der Waals surface area (Å²) < 4.78 is 41.4. The molecule has 0 fully saturated rings. The summed E-state index contributed by atoms with van der Waals surface area (Å²) >= 11 is 0. The molecule has 80 valence electrons. The third-order valence-corrected chi connectivity index (χ3v) is 5.85. The van der Waals surface area contributed by atoms with Gasteiger partial charge in [0.2, 0.25) is 13.6 Å². The van der Waals surface area contributed by atoms with Crippen LogP contribution in [0.4, 0.5) is 0 Å². The Morgan fingerprint density at radius 1 is 1.15 bits per heavy atom. The number of rotatable bonds is 6. The lowest BCUT2D eigenvalue weighted by molar-refractivity contribution is 0.159. The molecule has 0 aliphatic carbocycles. The summed E-state index contributed by atoms with van der Waals surface area (Å²) in [5.74, 6) is 0. The molecular formula is C5H14O6P2. The average molecular weight is 232 g/mol. The molecule has 0 rings (SSSR count). The highest BCUT2D eigenvalue weighted by Gasteiger charge is 2.39. The first-order valence-electron chi connectivity index (χ1n) is 3.37. The lowest BCUT2D eigenvalue weighted by Crippen LogP contribution is -2.09. The highest BCUT2D eigenvalue weighted by atomic mass is 31.2. The van der Waals surface area contributed by atoms with Crippen molar-refractivity contribution in [3.8, 4) is 0 Å². The summed E-state index contributed by atoms with van der Waals surface area (Å²) in [5.41, 5.74) is -1.16. The standard InChI is InChI=1S/C5H14O6P2/c1-8-5(12(6)9-2)13(7,10-3)11-4/h5,12H,1-4H3. The van der Waals surface area contributed by atoms with E-state index in [1.807, 2.05) is 0 Å². The summed E-state index contributed by atoms with van der Waals surface area (Å²) in [4.78, 5) is 0. The number of hydrogen-bond donors (Lipinski definition) is 0. The Bertz CT molecular complexity index is 209. The summed E-state index contributed by atoms with van der Waals surface area (Å²) in [6.45, 7) is 0. The van der Waals surface area contributed by atoms with Crippen molar-refractivity contribution in [1.82, 2.24) is 0 Å². The van der Waals surface area contributed by atoms with Crippen LogP contribution in [0.3, 0.4) is 0 Å². The topological polar surface area (TPSA) is 71.1 Å². The lowest BCUT2D eigenvalue weighted by atomic mass is 11.5. The largest absolute Gasteiger partial charge is 0.368 e. The second-order valence-corrected chi connectivity index (χ2v) is 6.35. The van der Waals surface area contributed by atoms with Crippen LogP contribution in [0.2, 0.25) is 0 Å². The zero-order valence-electron chi connectivity index (χ0n) is 7.97. The van der Waals surface area contributed by atoms with Crippen LogP contribution in [0.5, 0.6) is 0 Å². The SMILES string of the molecule is COC([PH](=O)OC)P(=O)(OC)OC. The molecule has 0 aliphatic heterocycles. The molecule has 0 aromatic rings. The lowest BCUT2D eigenvalue weighted by Gasteiger charge is -2.21. The zero-order valence-corrected chi connectivity index (χ0v) is 9.87. The summed E-state index contributed by atoms with van der Waals surface area (Å²) in [7, 11) is -1.17. The van der Waals surface area contributed by atoms with Gasteiger partial charge in [0.15, 0.2) is 0 Å². The number of methoxy groups -OCH3 is 1. The molecule has 6 nitrogen and oxygen atoms in total. The van der Waals surface area contributed by atoms with Crippen LogP contribution in [-0.4, -0.2) is 34.0 Å². The van der Waals surface area contributed by atoms with E-state index in [-0.39, 0.29) is 0 Å². The maximum Gasteiger partial charge on any atom is 0.368 e. The first-order chi connectivity index (χ1) is 6.05. The minimum Gasteiger partial charge on any atom is -0.360 e. The minimum absolute atomic E-state index is 1.16. The van der Waals surface area contributed by atoms with E-state index in [0.29, 0.717) is 0 Å². The summed E-state index contributed by atoms with van der Waals surface area (Å²) in [5, 5.41) is 0. The van der Waals surface area contributed by atoms with Crippen LogP contribution < -0.4 is 0 Å². The van der Waals surface area contributed by atoms with Gasteiger partial charge >= 0.3 is 7.60 Å². The average Bonchev–Trinajstić information content (AvgIpc) is 2.18. The molecular weight excluding hydrogens is 218 g/mol. The first kappa shape index (κ1) is 13.3. The third kappa shape index (κ3) is 3.17. The van der Waals surface area contributed by atoms with E-state index in [9.17, 15) is 9.13 Å². The molecule has 8 heteroatoms. The number of ether oxygens (including phenoxy) is 1. The van der Waals surface area contributed by atoms with E-state index in [1.165, 1.54) is 28.4 Å². The highest BCUT2D eigenvalue weighted by Crippen LogP contribution is 2.60. The second kappa shape index (κ2) is 5.91. The van der Waals surface area contributed by atoms with E-state index in [2.05, 4.69) is 13.6 Å². The maximum absolute atomic E-state index is 11.7. The molecule has 0 amide bonds. The molecule has 2 atom stereocenters. The van der Waals surface area contributed by atoms with Crippen LogP contribution in [0.25, 0.3) is 0 Å². The molecule has 0 spiro atoms. The molecule has 0 aromatic heterocycles. The predicted octanol–water partition coefficient (Wildman–Crippen LogP) is 1.52. The van der Waals surface area contributed by atoms with Crippen LogP contribution >= 0.6 is 15.6 Å². The molecule has 0 saturated heterocycles. The van der Waals surface area contributed by atoms with Crippen molar-refractivity contribution in [2.45, 2.75) is 5.59 Å². The number of hydrogen-bond acceptors (Lipinski definition) is 6. The smallest absolute Gasteiger partial charge is 0.360 e. The van der Waals surface area contributed by atoms with E-state index in [0.717, 1.165) is 0 Å². The van der Waals surface area contributed by atoms with Gasteiger partial charge in [0.05, 0.1) is 0 Å². The summed E-state index contributed by atoms with van der Waals surface area (Å²) in [6, 6.07) is 0. The zero-order chi connectivity index (χ0) is 10.5. The van der Waals surface area contributed by atoms with Crippen molar-refractivity contribution < 1.29 is 27.4 Å². The Kier molecular flexibility index (Phi) is 6.05. The molecule has 0 aromatic carbocycles. The molecule has 0 bridgehead atoms. The van der Waals surface area contributed by atoms with Crippen molar-refractivity contribution >= 4 is 15.6 Å². The maximum atomic E-state index is 11.7. The van der Waals surface area contributed by atoms with Crippen LogP contribution in [-0.2, 0) is 27.4 Å². The van der Waals surface area contributed by atoms with Crippen LogP contribution in [0.1, 0.15) is 0 Å². The molecule has 0 N–H and O–H groups in total. The van der Waals surface area contributed by atoms with Gasteiger partial charge in [-0.3, -0.25) is 9.13 Å². The fourth-order valence-corrected chi connectivity index (χ4v) is 3.89. The Hall–Kier alpha value is 0.300. The summed E-state index contributed by atoms with van der Waals surface area (Å²) in [6.07, 6.45) is 0. The van der Waals surface area contributed by atoms with Gasteiger partial charge in [-0.1, -0.05) is 0 Å². The van der Waals surface area contributed by atoms with Crippen molar-refractivity contribution in [1.29, 1.82) is 0 Å². The highest BCUT2D eigenvalue weighted by molar-refractivity contribution is 7.66. The normalized spacial score (nSPS) is 16.9. The van der Waals surface area contributed by atoms with Gasteiger partial charge in [0.1, 0.15) is 0 Å². The van der Waals surface area contributed by atoms with Gasteiger partial charge in [0, 0.05) is 28.4 Å². The van der Waals surface area contributed by atoms with Gasteiger partial charge in [-0.2, -0.15) is 0 Å². The molecule has 0 heterocycles. The van der Waals surface area contributed by atoms with E-state index in [4.69, 9.17) is 4.74 Å². The monoisotopic (exact) mass is 232 g/mol. The Balaban J connectivity index is 4.73. The van der Waals surface area contributed by atoms with E-state index in [1.54, 1.807) is 0 Å². The second-order valence-electron chi connectivity index (χ2n) is 2.02. The van der Waals surface area contributed by atoms with Crippen molar-refractivity contribution in [3.05, 3.63) is 0 Å². The molecule has 0 aliphatic rings. The fourth-order valence-electron chi connectivity index (χ4n) is 0.721. The van der Waals surface area contributed by atoms with E-state index >= 15 is 0 Å². The van der Waals surface area contributed by atoms with Gasteiger partial charge in [0.25, 0.3) is 0 Å². The van der Waals surface area contributed by atoms with Crippen molar-refractivity contribution in [2.75, 3.05) is 28.4 Å². The van der Waals surface area contributed by atoms with Gasteiger partial charge in [-0.15, -0.1) is 0 Å². The predicted molar refractivity (Wildman–Crippen MR) is 48.4 cm³/mol. The fraction of sp³-hybridized carbons (Fsp3) is 1.00. The van der Waals surface area contributed by atoms with Gasteiger partial charge < -0.3 is 18.3 Å². The molecule has 13 heavy (non-hydrogen) atoms.